The fourth-order valence-corrected chi connectivity index (χ4v) is 2.26. The molecule has 2 aromatic heterocycles. The molecule has 2 N–H and O–H groups in total. The summed E-state index contributed by atoms with van der Waals surface area (Å²) >= 11 is 0. The molecule has 0 saturated carbocycles. The molecule has 0 bridgehead atoms. The smallest absolute Gasteiger partial charge is 0.226 e. The van der Waals surface area contributed by atoms with Gasteiger partial charge >= 0.3 is 0 Å². The van der Waals surface area contributed by atoms with Gasteiger partial charge in [-0.15, -0.1) is 0 Å². The van der Waals surface area contributed by atoms with Crippen LogP contribution in [0.1, 0.15) is 36.1 Å². The Labute approximate surface area is 105 Å². The first kappa shape index (κ1) is 11.0. The highest BCUT2D eigenvalue weighted by Crippen LogP contribution is 2.34. The van der Waals surface area contributed by atoms with Crippen molar-refractivity contribution in [2.75, 3.05) is 5.32 Å². The molecular formula is C13H14N4O. The van der Waals surface area contributed by atoms with Gasteiger partial charge in [0, 0.05) is 29.8 Å². The number of pyridine rings is 1. The van der Waals surface area contributed by atoms with Crippen molar-refractivity contribution in [3.63, 3.8) is 0 Å². The second kappa shape index (κ2) is 4.25. The van der Waals surface area contributed by atoms with E-state index >= 15 is 0 Å². The molecule has 0 radical (unpaired) electrons. The molecule has 0 spiro atoms. The van der Waals surface area contributed by atoms with Gasteiger partial charge in [-0.25, -0.2) is 0 Å². The second-order valence-electron chi connectivity index (χ2n) is 4.45. The number of carbonyl (C=O) groups excluding carboxylic acids is 1. The maximum absolute atomic E-state index is 11.6. The Morgan fingerprint density at radius 3 is 3.00 bits per heavy atom. The summed E-state index contributed by atoms with van der Waals surface area (Å²) in [6.45, 7) is 2.10. The molecule has 92 valence electrons. The van der Waals surface area contributed by atoms with Gasteiger partial charge in [0.2, 0.25) is 5.91 Å². The number of amides is 1. The van der Waals surface area contributed by atoms with Gasteiger partial charge in [-0.3, -0.25) is 14.9 Å². The van der Waals surface area contributed by atoms with E-state index < -0.39 is 0 Å². The van der Waals surface area contributed by atoms with Crippen molar-refractivity contribution < 1.29 is 4.79 Å². The first-order valence-electron chi connectivity index (χ1n) is 6.06. The molecule has 1 aliphatic rings. The Morgan fingerprint density at radius 1 is 1.39 bits per heavy atom. The van der Waals surface area contributed by atoms with Crippen molar-refractivity contribution in [2.45, 2.75) is 25.7 Å². The number of nitrogens with one attached hydrogen (secondary N) is 2. The number of nitrogens with zero attached hydrogens (tertiary/aromatic N) is 2. The highest BCUT2D eigenvalue weighted by molar-refractivity contribution is 5.94. The van der Waals surface area contributed by atoms with Crippen molar-refractivity contribution in [2.24, 2.45) is 0 Å². The summed E-state index contributed by atoms with van der Waals surface area (Å²) in [4.78, 5) is 16.1. The number of rotatable bonds is 2. The van der Waals surface area contributed by atoms with Gasteiger partial charge in [-0.05, 0) is 18.1 Å². The predicted octanol–water partition coefficient (Wildman–Crippen LogP) is 1.84. The van der Waals surface area contributed by atoms with E-state index in [-0.39, 0.29) is 11.8 Å². The number of carbonyl (C=O) groups is 1. The summed E-state index contributed by atoms with van der Waals surface area (Å²) in [5.41, 5.74) is 3.13. The number of aromatic nitrogens is 3. The number of aryl methyl sites for hydroxylation is 1. The van der Waals surface area contributed by atoms with Gasteiger partial charge in [-0.2, -0.15) is 5.10 Å². The van der Waals surface area contributed by atoms with Gasteiger partial charge in [0.25, 0.3) is 0 Å². The average molecular weight is 242 g/mol. The quantitative estimate of drug-likeness (QED) is 0.844. The van der Waals surface area contributed by atoms with E-state index in [2.05, 4.69) is 33.5 Å². The number of hydrogen-bond donors (Lipinski definition) is 2. The molecule has 1 amide bonds. The molecule has 3 heterocycles. The van der Waals surface area contributed by atoms with E-state index in [0.717, 1.165) is 17.7 Å². The Hall–Kier alpha value is -2.17. The number of fused-ring (bicyclic) bond motifs is 1. The number of anilines is 1. The van der Waals surface area contributed by atoms with Crippen molar-refractivity contribution in [1.29, 1.82) is 0 Å². The van der Waals surface area contributed by atoms with Gasteiger partial charge < -0.3 is 5.32 Å². The molecule has 5 heteroatoms. The number of aromatic amines is 1. The van der Waals surface area contributed by atoms with E-state index in [1.54, 1.807) is 6.20 Å². The van der Waals surface area contributed by atoms with Gasteiger partial charge in [0.15, 0.2) is 0 Å². The fourth-order valence-electron chi connectivity index (χ4n) is 2.26. The Bertz CT molecular complexity index is 573. The van der Waals surface area contributed by atoms with Crippen molar-refractivity contribution >= 4 is 11.7 Å². The third-order valence-corrected chi connectivity index (χ3v) is 3.31. The van der Waals surface area contributed by atoms with Crippen LogP contribution in [-0.4, -0.2) is 21.1 Å². The lowest BCUT2D eigenvalue weighted by Crippen LogP contribution is -2.23. The summed E-state index contributed by atoms with van der Waals surface area (Å²) in [6.07, 6.45) is 5.02. The minimum absolute atomic E-state index is 0.00148. The fraction of sp³-hybridized carbons (Fsp3) is 0.308. The minimum atomic E-state index is -0.00174. The summed E-state index contributed by atoms with van der Waals surface area (Å²) in [5.74, 6) is 0.689. The zero-order chi connectivity index (χ0) is 12.5. The largest absolute Gasteiger partial charge is 0.311 e. The van der Waals surface area contributed by atoms with E-state index in [9.17, 15) is 4.79 Å². The molecule has 0 aromatic carbocycles. The summed E-state index contributed by atoms with van der Waals surface area (Å²) in [7, 11) is 0. The van der Waals surface area contributed by atoms with Crippen molar-refractivity contribution in [3.05, 3.63) is 41.3 Å². The van der Waals surface area contributed by atoms with Gasteiger partial charge in [0.1, 0.15) is 5.82 Å². The minimum Gasteiger partial charge on any atom is -0.311 e. The van der Waals surface area contributed by atoms with Crippen LogP contribution in [-0.2, 0) is 11.2 Å². The third kappa shape index (κ3) is 1.77. The predicted molar refractivity (Wildman–Crippen MR) is 67.3 cm³/mol. The van der Waals surface area contributed by atoms with Crippen molar-refractivity contribution in [1.82, 2.24) is 15.2 Å². The monoisotopic (exact) mass is 242 g/mol. The van der Waals surface area contributed by atoms with Crippen LogP contribution in [0.3, 0.4) is 0 Å². The van der Waals surface area contributed by atoms with Crippen LogP contribution in [0.5, 0.6) is 0 Å². The third-order valence-electron chi connectivity index (χ3n) is 3.31. The number of hydrogen-bond acceptors (Lipinski definition) is 3. The maximum Gasteiger partial charge on any atom is 0.226 e. The molecule has 0 aliphatic carbocycles. The van der Waals surface area contributed by atoms with Gasteiger partial charge in [0.05, 0.1) is 6.20 Å². The van der Waals surface area contributed by atoms with Crippen LogP contribution in [0, 0.1) is 0 Å². The molecule has 1 aliphatic heterocycles. The van der Waals surface area contributed by atoms with Crippen LogP contribution in [0.25, 0.3) is 0 Å². The Morgan fingerprint density at radius 2 is 2.28 bits per heavy atom. The Kier molecular flexibility index (Phi) is 2.59. The molecule has 2 aromatic rings. The first-order valence-corrected chi connectivity index (χ1v) is 6.06. The highest BCUT2D eigenvalue weighted by atomic mass is 16.1. The molecule has 1 atom stereocenters. The summed E-state index contributed by atoms with van der Waals surface area (Å²) < 4.78 is 0. The van der Waals surface area contributed by atoms with Crippen LogP contribution in [0.2, 0.25) is 0 Å². The summed E-state index contributed by atoms with van der Waals surface area (Å²) in [6, 6.07) is 4.06. The lowest BCUT2D eigenvalue weighted by Gasteiger charge is -2.21. The first-order chi connectivity index (χ1) is 8.78. The molecule has 18 heavy (non-hydrogen) atoms. The topological polar surface area (TPSA) is 70.7 Å². The lowest BCUT2D eigenvalue weighted by atomic mass is 9.90. The van der Waals surface area contributed by atoms with Crippen molar-refractivity contribution in [3.8, 4) is 0 Å². The average Bonchev–Trinajstić information content (AvgIpc) is 2.86. The van der Waals surface area contributed by atoms with Crippen LogP contribution in [0.15, 0.2) is 24.5 Å². The zero-order valence-electron chi connectivity index (χ0n) is 10.1. The molecule has 5 nitrogen and oxygen atoms in total. The van der Waals surface area contributed by atoms with E-state index in [1.807, 2.05) is 12.3 Å². The number of H-pyrrole nitrogens is 1. The lowest BCUT2D eigenvalue weighted by molar-refractivity contribution is -0.116. The van der Waals surface area contributed by atoms with Gasteiger partial charge in [-0.1, -0.05) is 13.0 Å². The SMILES string of the molecule is CCc1ccc([C@H]2CC(=O)Nc3[nH]ncc32)nc1. The normalized spacial score (nSPS) is 18.3. The standard InChI is InChI=1S/C13H14N4O/c1-2-8-3-4-11(14-6-8)9-5-12(18)16-13-10(9)7-15-17-13/h3-4,6-7,9H,2,5H2,1H3,(H2,15,16,17,18)/t9-/m0/s1. The van der Waals surface area contributed by atoms with Crippen LogP contribution < -0.4 is 5.32 Å². The second-order valence-corrected chi connectivity index (χ2v) is 4.45. The van der Waals surface area contributed by atoms with E-state index in [0.29, 0.717) is 12.2 Å². The van der Waals surface area contributed by atoms with Crippen LogP contribution >= 0.6 is 0 Å². The Balaban J connectivity index is 1.99. The maximum atomic E-state index is 11.6. The molecule has 0 unspecified atom stereocenters. The highest BCUT2D eigenvalue weighted by Gasteiger charge is 2.28. The van der Waals surface area contributed by atoms with E-state index in [1.165, 1.54) is 5.56 Å². The molecule has 0 fully saturated rings. The molecule has 0 saturated heterocycles. The van der Waals surface area contributed by atoms with Crippen LogP contribution in [0.4, 0.5) is 5.82 Å². The van der Waals surface area contributed by atoms with E-state index in [4.69, 9.17) is 0 Å². The molecular weight excluding hydrogens is 228 g/mol. The summed E-state index contributed by atoms with van der Waals surface area (Å²) in [5, 5.41) is 9.56. The molecule has 3 rings (SSSR count). The zero-order valence-corrected chi connectivity index (χ0v) is 10.1.